The molecule has 4 aromatic rings. The first kappa shape index (κ1) is 19.6. The first-order valence-corrected chi connectivity index (χ1v) is 9.73. The zero-order valence-electron chi connectivity index (χ0n) is 17.4. The van der Waals surface area contributed by atoms with Crippen LogP contribution in [0.15, 0.2) is 55.0 Å². The number of hydrogen-bond acceptors (Lipinski definition) is 5. The topological polar surface area (TPSA) is 81.9 Å². The summed E-state index contributed by atoms with van der Waals surface area (Å²) in [6, 6.07) is 10.9. The van der Waals surface area contributed by atoms with E-state index in [1.165, 1.54) is 0 Å². The second-order valence-electron chi connectivity index (χ2n) is 7.38. The van der Waals surface area contributed by atoms with Crippen molar-refractivity contribution < 1.29 is 9.53 Å². The van der Waals surface area contributed by atoms with E-state index in [1.54, 1.807) is 36.7 Å². The zero-order valence-corrected chi connectivity index (χ0v) is 17.4. The van der Waals surface area contributed by atoms with Crippen molar-refractivity contribution in [2.75, 3.05) is 5.32 Å². The Bertz CT molecular complexity index is 1210. The first-order valence-electron chi connectivity index (χ1n) is 9.73. The predicted molar refractivity (Wildman–Crippen MR) is 117 cm³/mol. The fourth-order valence-electron chi connectivity index (χ4n) is 3.16. The van der Waals surface area contributed by atoms with E-state index in [1.807, 2.05) is 50.7 Å². The molecule has 0 fully saturated rings. The molecule has 0 aliphatic carbocycles. The Hall–Kier alpha value is -3.74. The molecule has 1 amide bonds. The Balaban J connectivity index is 1.57. The maximum Gasteiger partial charge on any atom is 0.256 e. The lowest BCUT2D eigenvalue weighted by atomic mass is 10.1. The van der Waals surface area contributed by atoms with Gasteiger partial charge in [0.2, 0.25) is 0 Å². The van der Waals surface area contributed by atoms with Gasteiger partial charge >= 0.3 is 0 Å². The highest BCUT2D eigenvalue weighted by atomic mass is 16.5. The summed E-state index contributed by atoms with van der Waals surface area (Å²) >= 11 is 0. The van der Waals surface area contributed by atoms with Crippen molar-refractivity contribution in [3.63, 3.8) is 0 Å². The summed E-state index contributed by atoms with van der Waals surface area (Å²) in [5, 5.41) is 3.74. The monoisotopic (exact) mass is 401 g/mol. The van der Waals surface area contributed by atoms with E-state index >= 15 is 0 Å². The number of hydrogen-bond donors (Lipinski definition) is 1. The molecule has 1 aromatic carbocycles. The molecule has 0 spiro atoms. The standard InChI is InChI=1S/C23H23N5O2/c1-14(2)30-19-7-5-16(6-8-19)23(29)27-22-10-17-9-18(11-25-20(17)12-26-22)21-13-24-15(3)28(21)4/h5-14H,1-4H3,(H,26,27,29). The van der Waals surface area contributed by atoms with Crippen LogP contribution in [-0.4, -0.2) is 31.5 Å². The van der Waals surface area contributed by atoms with Gasteiger partial charge in [0.15, 0.2) is 0 Å². The maximum atomic E-state index is 12.6. The first-order chi connectivity index (χ1) is 14.4. The quantitative estimate of drug-likeness (QED) is 0.537. The van der Waals surface area contributed by atoms with E-state index in [0.717, 1.165) is 33.7 Å². The zero-order chi connectivity index (χ0) is 21.3. The van der Waals surface area contributed by atoms with Gasteiger partial charge in [-0.05, 0) is 57.2 Å². The predicted octanol–water partition coefficient (Wildman–Crippen LogP) is 4.38. The van der Waals surface area contributed by atoms with Gasteiger partial charge in [0.25, 0.3) is 5.91 Å². The molecule has 4 rings (SSSR count). The molecule has 0 bridgehead atoms. The Morgan fingerprint density at radius 1 is 1.03 bits per heavy atom. The number of carbonyl (C=O) groups is 1. The highest BCUT2D eigenvalue weighted by Gasteiger charge is 2.11. The van der Waals surface area contributed by atoms with Crippen LogP contribution in [0, 0.1) is 6.92 Å². The number of anilines is 1. The summed E-state index contributed by atoms with van der Waals surface area (Å²) in [7, 11) is 1.97. The number of imidazole rings is 1. The van der Waals surface area contributed by atoms with Gasteiger partial charge in [-0.15, -0.1) is 0 Å². The minimum absolute atomic E-state index is 0.0836. The molecule has 0 aliphatic heterocycles. The van der Waals surface area contributed by atoms with E-state index in [4.69, 9.17) is 4.74 Å². The molecule has 1 N–H and O–H groups in total. The number of aromatic nitrogens is 4. The minimum atomic E-state index is -0.232. The van der Waals surface area contributed by atoms with Crippen LogP contribution in [0.5, 0.6) is 5.75 Å². The molecule has 0 unspecified atom stereocenters. The number of ether oxygens (including phenoxy) is 1. The van der Waals surface area contributed by atoms with Crippen LogP contribution < -0.4 is 10.1 Å². The second kappa shape index (κ2) is 7.94. The van der Waals surface area contributed by atoms with Crippen LogP contribution >= 0.6 is 0 Å². The number of nitrogens with one attached hydrogen (secondary N) is 1. The highest BCUT2D eigenvalue weighted by Crippen LogP contribution is 2.24. The largest absolute Gasteiger partial charge is 0.491 e. The lowest BCUT2D eigenvalue weighted by Gasteiger charge is -2.10. The Kier molecular flexibility index (Phi) is 5.18. The van der Waals surface area contributed by atoms with Gasteiger partial charge in [0.05, 0.1) is 29.7 Å². The van der Waals surface area contributed by atoms with E-state index in [9.17, 15) is 4.79 Å². The molecule has 7 nitrogen and oxygen atoms in total. The minimum Gasteiger partial charge on any atom is -0.491 e. The molecule has 0 saturated carbocycles. The number of rotatable bonds is 5. The van der Waals surface area contributed by atoms with Crippen molar-refractivity contribution in [3.05, 3.63) is 66.4 Å². The van der Waals surface area contributed by atoms with Gasteiger partial charge in [0.1, 0.15) is 17.4 Å². The fraction of sp³-hybridized carbons (Fsp3) is 0.217. The summed E-state index contributed by atoms with van der Waals surface area (Å²) in [6.45, 7) is 5.88. The molecule has 0 aliphatic rings. The van der Waals surface area contributed by atoms with Crippen LogP contribution in [0.1, 0.15) is 30.0 Å². The number of carbonyl (C=O) groups excluding carboxylic acids is 1. The number of benzene rings is 1. The average molecular weight is 401 g/mol. The molecular weight excluding hydrogens is 378 g/mol. The van der Waals surface area contributed by atoms with E-state index in [2.05, 4.69) is 20.3 Å². The summed E-state index contributed by atoms with van der Waals surface area (Å²) in [6.07, 6.45) is 5.37. The Morgan fingerprint density at radius 3 is 2.47 bits per heavy atom. The van der Waals surface area contributed by atoms with Crippen molar-refractivity contribution in [2.24, 2.45) is 7.05 Å². The van der Waals surface area contributed by atoms with Crippen molar-refractivity contribution in [2.45, 2.75) is 26.9 Å². The van der Waals surface area contributed by atoms with E-state index in [-0.39, 0.29) is 12.0 Å². The van der Waals surface area contributed by atoms with Gasteiger partial charge in [0, 0.05) is 29.8 Å². The van der Waals surface area contributed by atoms with Gasteiger partial charge in [-0.1, -0.05) is 0 Å². The van der Waals surface area contributed by atoms with Crippen LogP contribution in [0.25, 0.3) is 22.2 Å². The number of aryl methyl sites for hydroxylation is 1. The highest BCUT2D eigenvalue weighted by molar-refractivity contribution is 6.04. The molecule has 0 atom stereocenters. The summed E-state index contributed by atoms with van der Waals surface area (Å²) in [5.74, 6) is 1.89. The van der Waals surface area contributed by atoms with E-state index in [0.29, 0.717) is 11.4 Å². The van der Waals surface area contributed by atoms with E-state index < -0.39 is 0 Å². The molecule has 0 radical (unpaired) electrons. The summed E-state index contributed by atoms with van der Waals surface area (Å²) in [5.41, 5.74) is 3.22. The molecule has 7 heteroatoms. The molecule has 30 heavy (non-hydrogen) atoms. The Morgan fingerprint density at radius 2 is 1.80 bits per heavy atom. The summed E-state index contributed by atoms with van der Waals surface area (Å²) < 4.78 is 7.63. The van der Waals surface area contributed by atoms with Gasteiger partial charge in [-0.2, -0.15) is 0 Å². The maximum absolute atomic E-state index is 12.6. The van der Waals surface area contributed by atoms with Crippen LogP contribution in [0.4, 0.5) is 5.82 Å². The van der Waals surface area contributed by atoms with Gasteiger partial charge in [-0.25, -0.2) is 9.97 Å². The third kappa shape index (κ3) is 4.00. The third-order valence-electron chi connectivity index (χ3n) is 4.81. The smallest absolute Gasteiger partial charge is 0.256 e. The van der Waals surface area contributed by atoms with Gasteiger partial charge in [-0.3, -0.25) is 9.78 Å². The molecule has 0 saturated heterocycles. The van der Waals surface area contributed by atoms with Crippen LogP contribution in [0.3, 0.4) is 0 Å². The number of pyridine rings is 2. The SMILES string of the molecule is Cc1ncc(-c2cnc3cnc(NC(=O)c4ccc(OC(C)C)cc4)cc3c2)n1C. The second-order valence-corrected chi connectivity index (χ2v) is 7.38. The summed E-state index contributed by atoms with van der Waals surface area (Å²) in [4.78, 5) is 25.7. The lowest BCUT2D eigenvalue weighted by Crippen LogP contribution is -2.13. The normalized spacial score (nSPS) is 11.1. The number of amides is 1. The van der Waals surface area contributed by atoms with Crippen molar-refractivity contribution in [3.8, 4) is 17.0 Å². The molecule has 3 heterocycles. The Labute approximate surface area is 174 Å². The lowest BCUT2D eigenvalue weighted by molar-refractivity contribution is 0.102. The fourth-order valence-corrected chi connectivity index (χ4v) is 3.16. The number of fused-ring (bicyclic) bond motifs is 1. The molecule has 3 aromatic heterocycles. The van der Waals surface area contributed by atoms with Crippen molar-refractivity contribution in [1.82, 2.24) is 19.5 Å². The van der Waals surface area contributed by atoms with Gasteiger partial charge < -0.3 is 14.6 Å². The van der Waals surface area contributed by atoms with Crippen molar-refractivity contribution >= 4 is 22.6 Å². The van der Waals surface area contributed by atoms with Crippen LogP contribution in [0.2, 0.25) is 0 Å². The van der Waals surface area contributed by atoms with Crippen molar-refractivity contribution in [1.29, 1.82) is 0 Å². The molecular formula is C23H23N5O2. The van der Waals surface area contributed by atoms with Crippen LogP contribution in [-0.2, 0) is 7.05 Å². The third-order valence-corrected chi connectivity index (χ3v) is 4.81. The molecule has 152 valence electrons. The number of nitrogens with zero attached hydrogens (tertiary/aromatic N) is 4. The average Bonchev–Trinajstić information content (AvgIpc) is 3.06.